The second-order valence-corrected chi connectivity index (χ2v) is 6.87. The van der Waals surface area contributed by atoms with E-state index in [0.29, 0.717) is 18.0 Å². The van der Waals surface area contributed by atoms with E-state index in [0.717, 1.165) is 16.9 Å². The molecule has 1 unspecified atom stereocenters. The Kier molecular flexibility index (Phi) is 8.16. The van der Waals surface area contributed by atoms with Crippen molar-refractivity contribution in [3.8, 4) is 5.75 Å². The molecule has 2 rings (SSSR count). The first-order chi connectivity index (χ1) is 13.0. The Morgan fingerprint density at radius 3 is 2.63 bits per heavy atom. The first kappa shape index (κ1) is 20.8. The molecule has 0 radical (unpaired) electrons. The van der Waals surface area contributed by atoms with E-state index in [1.807, 2.05) is 42.5 Å². The minimum atomic E-state index is -0.841. The molecule has 7 heteroatoms. The van der Waals surface area contributed by atoms with E-state index in [1.54, 1.807) is 20.1 Å². The van der Waals surface area contributed by atoms with Crippen LogP contribution in [0, 0.1) is 0 Å². The van der Waals surface area contributed by atoms with E-state index in [1.165, 1.54) is 11.8 Å². The van der Waals surface area contributed by atoms with Crippen molar-refractivity contribution in [2.45, 2.75) is 25.4 Å². The Morgan fingerprint density at radius 1 is 1.15 bits per heavy atom. The minimum absolute atomic E-state index is 0.0474. The van der Waals surface area contributed by atoms with Crippen molar-refractivity contribution in [3.05, 3.63) is 59.7 Å². The fraction of sp³-hybridized carbons (Fsp3) is 0.300. The highest BCUT2D eigenvalue weighted by Gasteiger charge is 2.14. The van der Waals surface area contributed by atoms with Crippen molar-refractivity contribution in [1.82, 2.24) is 0 Å². The maximum atomic E-state index is 12.3. The van der Waals surface area contributed by atoms with Gasteiger partial charge in [0, 0.05) is 11.4 Å². The van der Waals surface area contributed by atoms with Crippen molar-refractivity contribution in [2.24, 2.45) is 0 Å². The van der Waals surface area contributed by atoms with Crippen LogP contribution in [0.4, 0.5) is 5.69 Å². The van der Waals surface area contributed by atoms with Crippen LogP contribution in [0.1, 0.15) is 18.1 Å². The van der Waals surface area contributed by atoms with Crippen molar-refractivity contribution >= 4 is 29.3 Å². The number of rotatable bonds is 10. The van der Waals surface area contributed by atoms with Crippen LogP contribution < -0.4 is 10.1 Å². The Balaban J connectivity index is 1.85. The number of carboxylic acids is 1. The summed E-state index contributed by atoms with van der Waals surface area (Å²) in [6.45, 7) is 2.00. The zero-order valence-electron chi connectivity index (χ0n) is 15.3. The Bertz CT molecular complexity index is 780. The molecule has 2 aromatic carbocycles. The lowest BCUT2D eigenvalue weighted by molar-refractivity contribution is -0.134. The fourth-order valence-electron chi connectivity index (χ4n) is 2.30. The third-order valence-electron chi connectivity index (χ3n) is 3.69. The molecular weight excluding hydrogens is 366 g/mol. The molecule has 0 saturated heterocycles. The lowest BCUT2D eigenvalue weighted by Crippen LogP contribution is -2.27. The molecule has 1 atom stereocenters. The number of aliphatic carboxylic acids is 1. The summed E-state index contributed by atoms with van der Waals surface area (Å²) in [7, 11) is 1.60. The molecule has 0 fully saturated rings. The number of ether oxygens (including phenoxy) is 2. The molecule has 0 heterocycles. The molecule has 0 aliphatic rings. The summed E-state index contributed by atoms with van der Waals surface area (Å²) in [4.78, 5) is 22.9. The van der Waals surface area contributed by atoms with Crippen LogP contribution in [0.5, 0.6) is 5.75 Å². The molecule has 6 nitrogen and oxygen atoms in total. The number of hydrogen-bond acceptors (Lipinski definition) is 5. The number of benzene rings is 2. The number of anilines is 1. The Labute approximate surface area is 162 Å². The molecule has 0 aromatic heterocycles. The number of methoxy groups -OCH3 is 1. The summed E-state index contributed by atoms with van der Waals surface area (Å²) < 4.78 is 10.8. The lowest BCUT2D eigenvalue weighted by Gasteiger charge is -2.14. The zero-order valence-corrected chi connectivity index (χ0v) is 16.1. The van der Waals surface area contributed by atoms with Gasteiger partial charge < -0.3 is 19.9 Å². The molecule has 2 aromatic rings. The number of nitrogens with one attached hydrogen (secondary N) is 1. The van der Waals surface area contributed by atoms with Gasteiger partial charge in [0.05, 0.1) is 19.5 Å². The first-order valence-corrected chi connectivity index (χ1v) is 9.57. The third kappa shape index (κ3) is 7.32. The third-order valence-corrected chi connectivity index (χ3v) is 4.68. The number of carbonyl (C=O) groups excluding carboxylic acids is 1. The van der Waals surface area contributed by atoms with Crippen molar-refractivity contribution in [1.29, 1.82) is 0 Å². The van der Waals surface area contributed by atoms with E-state index < -0.39 is 12.1 Å². The second-order valence-electron chi connectivity index (χ2n) is 5.88. The molecule has 1 amide bonds. The highest BCUT2D eigenvalue weighted by Crippen LogP contribution is 2.18. The zero-order chi connectivity index (χ0) is 19.6. The van der Waals surface area contributed by atoms with Gasteiger partial charge in [0.1, 0.15) is 11.9 Å². The minimum Gasteiger partial charge on any atom is -0.497 e. The van der Waals surface area contributed by atoms with Gasteiger partial charge in [0.15, 0.2) is 0 Å². The number of amides is 1. The van der Waals surface area contributed by atoms with Gasteiger partial charge in [0.2, 0.25) is 0 Å². The van der Waals surface area contributed by atoms with Gasteiger partial charge >= 0.3 is 5.97 Å². The van der Waals surface area contributed by atoms with Gasteiger partial charge in [-0.2, -0.15) is 0 Å². The summed E-state index contributed by atoms with van der Waals surface area (Å²) in [5.74, 6) is 0.273. The summed E-state index contributed by atoms with van der Waals surface area (Å²) in [5.41, 5.74) is 2.53. The smallest absolute Gasteiger partial charge is 0.313 e. The van der Waals surface area contributed by atoms with Gasteiger partial charge in [-0.05, 0) is 42.3 Å². The number of thioether (sulfide) groups is 1. The summed E-state index contributed by atoms with van der Waals surface area (Å²) in [6.07, 6.45) is -0.624. The largest absolute Gasteiger partial charge is 0.497 e. The van der Waals surface area contributed by atoms with Crippen molar-refractivity contribution in [2.75, 3.05) is 18.2 Å². The van der Waals surface area contributed by atoms with Crippen molar-refractivity contribution < 1.29 is 24.2 Å². The number of carboxylic acid groups (broad SMARTS) is 1. The molecule has 0 spiro atoms. The molecule has 0 aliphatic carbocycles. The maximum Gasteiger partial charge on any atom is 0.313 e. The monoisotopic (exact) mass is 389 g/mol. The van der Waals surface area contributed by atoms with Gasteiger partial charge in [-0.15, -0.1) is 11.8 Å². The van der Waals surface area contributed by atoms with Crippen LogP contribution in [0.25, 0.3) is 0 Å². The quantitative estimate of drug-likeness (QED) is 0.646. The van der Waals surface area contributed by atoms with Gasteiger partial charge in [-0.3, -0.25) is 9.59 Å². The van der Waals surface area contributed by atoms with Crippen molar-refractivity contribution in [3.63, 3.8) is 0 Å². The van der Waals surface area contributed by atoms with Gasteiger partial charge in [-0.1, -0.05) is 24.3 Å². The van der Waals surface area contributed by atoms with Gasteiger partial charge in [0.25, 0.3) is 5.91 Å². The highest BCUT2D eigenvalue weighted by atomic mass is 32.2. The first-order valence-electron chi connectivity index (χ1n) is 8.42. The topological polar surface area (TPSA) is 84.9 Å². The van der Waals surface area contributed by atoms with Crippen LogP contribution in [0.2, 0.25) is 0 Å². The van der Waals surface area contributed by atoms with E-state index in [4.69, 9.17) is 14.6 Å². The normalized spacial score (nSPS) is 11.6. The van der Waals surface area contributed by atoms with E-state index in [2.05, 4.69) is 5.32 Å². The van der Waals surface area contributed by atoms with Crippen LogP contribution in [-0.4, -0.2) is 35.9 Å². The molecule has 27 heavy (non-hydrogen) atoms. The van der Waals surface area contributed by atoms with Crippen LogP contribution >= 0.6 is 11.8 Å². The molecular formula is C20H23NO5S. The Morgan fingerprint density at radius 2 is 1.89 bits per heavy atom. The predicted octanol–water partition coefficient (Wildman–Crippen LogP) is 3.56. The summed E-state index contributed by atoms with van der Waals surface area (Å²) >= 11 is 1.31. The second kappa shape index (κ2) is 10.6. The SMILES string of the molecule is COc1cccc(COC(C)C(=O)Nc2cccc(CSCC(=O)O)c2)c1. The van der Waals surface area contributed by atoms with Crippen LogP contribution in [0.3, 0.4) is 0 Å². The molecule has 2 N–H and O–H groups in total. The van der Waals surface area contributed by atoms with Crippen LogP contribution in [-0.2, 0) is 26.7 Å². The molecule has 0 bridgehead atoms. The summed E-state index contributed by atoms with van der Waals surface area (Å²) in [6, 6.07) is 14.8. The highest BCUT2D eigenvalue weighted by molar-refractivity contribution is 7.99. The lowest BCUT2D eigenvalue weighted by atomic mass is 10.2. The Hall–Kier alpha value is -2.51. The number of carbonyl (C=O) groups is 2. The summed E-state index contributed by atoms with van der Waals surface area (Å²) in [5, 5.41) is 11.5. The van der Waals surface area contributed by atoms with E-state index in [-0.39, 0.29) is 11.7 Å². The average molecular weight is 389 g/mol. The molecule has 0 saturated carbocycles. The standard InChI is InChI=1S/C20H23NO5S/c1-14(26-11-15-5-4-8-18(10-15)25-2)20(24)21-17-7-3-6-16(9-17)12-27-13-19(22)23/h3-10,14H,11-13H2,1-2H3,(H,21,24)(H,22,23). The van der Waals surface area contributed by atoms with Gasteiger partial charge in [-0.25, -0.2) is 0 Å². The molecule has 0 aliphatic heterocycles. The fourth-order valence-corrected chi connectivity index (χ4v) is 2.99. The molecule has 144 valence electrons. The number of hydrogen-bond donors (Lipinski definition) is 2. The van der Waals surface area contributed by atoms with Crippen LogP contribution in [0.15, 0.2) is 48.5 Å². The van der Waals surface area contributed by atoms with E-state index >= 15 is 0 Å². The maximum absolute atomic E-state index is 12.3. The average Bonchev–Trinajstić information content (AvgIpc) is 2.66. The van der Waals surface area contributed by atoms with E-state index in [9.17, 15) is 9.59 Å². The predicted molar refractivity (Wildman–Crippen MR) is 106 cm³/mol.